The summed E-state index contributed by atoms with van der Waals surface area (Å²) in [6.07, 6.45) is 3.57. The molecule has 0 spiro atoms. The average Bonchev–Trinajstić information content (AvgIpc) is 3.04. The van der Waals surface area contributed by atoms with Gasteiger partial charge < -0.3 is 18.9 Å². The van der Waals surface area contributed by atoms with E-state index in [1.54, 1.807) is 19.2 Å². The molecule has 1 atom stereocenters. The fourth-order valence-electron chi connectivity index (χ4n) is 2.55. The van der Waals surface area contributed by atoms with Crippen molar-refractivity contribution in [2.24, 2.45) is 0 Å². The van der Waals surface area contributed by atoms with Crippen molar-refractivity contribution < 1.29 is 23.7 Å². The topological polar surface area (TPSA) is 54.0 Å². The maximum atomic E-state index is 12.3. The second-order valence-electron chi connectivity index (χ2n) is 5.01. The summed E-state index contributed by atoms with van der Waals surface area (Å²) in [5, 5.41) is 0. The van der Waals surface area contributed by atoms with Crippen molar-refractivity contribution in [3.63, 3.8) is 0 Å². The van der Waals surface area contributed by atoms with Crippen LogP contribution in [0.1, 0.15) is 36.0 Å². The molecule has 2 rings (SSSR count). The lowest BCUT2D eigenvalue weighted by molar-refractivity contribution is 0.0859. The highest BCUT2D eigenvalue weighted by Crippen LogP contribution is 2.38. The van der Waals surface area contributed by atoms with Gasteiger partial charge in [0.15, 0.2) is 17.3 Å². The molecular weight excluding hydrogens is 272 g/mol. The van der Waals surface area contributed by atoms with Gasteiger partial charge in [-0.05, 0) is 31.4 Å². The van der Waals surface area contributed by atoms with Crippen molar-refractivity contribution in [1.82, 2.24) is 0 Å². The molecule has 21 heavy (non-hydrogen) atoms. The molecule has 0 bridgehead atoms. The van der Waals surface area contributed by atoms with E-state index in [9.17, 15) is 4.79 Å². The number of carbonyl (C=O) groups excluding carboxylic acids is 1. The van der Waals surface area contributed by atoms with Gasteiger partial charge in [0.05, 0.1) is 27.4 Å². The Bertz CT molecular complexity index is 466. The second-order valence-corrected chi connectivity index (χ2v) is 5.01. The van der Waals surface area contributed by atoms with Crippen molar-refractivity contribution >= 4 is 5.78 Å². The van der Waals surface area contributed by atoms with Gasteiger partial charge in [0.25, 0.3) is 0 Å². The lowest BCUT2D eigenvalue weighted by Gasteiger charge is -2.14. The summed E-state index contributed by atoms with van der Waals surface area (Å²) in [5.74, 6) is 1.55. The van der Waals surface area contributed by atoms with Gasteiger partial charge >= 0.3 is 0 Å². The maximum absolute atomic E-state index is 12.3. The average molecular weight is 294 g/mol. The third-order valence-corrected chi connectivity index (χ3v) is 3.70. The summed E-state index contributed by atoms with van der Waals surface area (Å²) < 4.78 is 21.3. The van der Waals surface area contributed by atoms with Gasteiger partial charge in [-0.15, -0.1) is 0 Å². The molecule has 1 aromatic rings. The number of rotatable bonds is 7. The zero-order valence-corrected chi connectivity index (χ0v) is 12.8. The Morgan fingerprint density at radius 3 is 2.33 bits per heavy atom. The summed E-state index contributed by atoms with van der Waals surface area (Å²) in [5.41, 5.74) is 0.572. The molecule has 0 saturated carbocycles. The summed E-state index contributed by atoms with van der Waals surface area (Å²) in [7, 11) is 4.62. The van der Waals surface area contributed by atoms with Crippen molar-refractivity contribution in [2.45, 2.75) is 31.8 Å². The van der Waals surface area contributed by atoms with E-state index in [-0.39, 0.29) is 11.9 Å². The van der Waals surface area contributed by atoms with E-state index in [1.807, 2.05) is 0 Å². The van der Waals surface area contributed by atoms with E-state index >= 15 is 0 Å². The lowest BCUT2D eigenvalue weighted by Crippen LogP contribution is -2.09. The quantitative estimate of drug-likeness (QED) is 0.724. The number of Topliss-reactive ketones (excluding diaryl/α,β-unsaturated/α-hetero) is 1. The zero-order valence-electron chi connectivity index (χ0n) is 12.8. The van der Waals surface area contributed by atoms with E-state index < -0.39 is 0 Å². The van der Waals surface area contributed by atoms with Gasteiger partial charge in [-0.25, -0.2) is 0 Å². The minimum absolute atomic E-state index is 0.0600. The van der Waals surface area contributed by atoms with Crippen LogP contribution in [-0.2, 0) is 4.74 Å². The first-order valence-electron chi connectivity index (χ1n) is 7.14. The first kappa shape index (κ1) is 15.6. The third kappa shape index (κ3) is 3.67. The Morgan fingerprint density at radius 1 is 1.19 bits per heavy atom. The Labute approximate surface area is 125 Å². The largest absolute Gasteiger partial charge is 0.493 e. The van der Waals surface area contributed by atoms with Crippen LogP contribution >= 0.6 is 0 Å². The van der Waals surface area contributed by atoms with Crippen LogP contribution in [0.25, 0.3) is 0 Å². The van der Waals surface area contributed by atoms with Crippen LogP contribution in [0.15, 0.2) is 12.1 Å². The van der Waals surface area contributed by atoms with Gasteiger partial charge in [-0.2, -0.15) is 0 Å². The van der Waals surface area contributed by atoms with Crippen molar-refractivity contribution in [3.05, 3.63) is 17.7 Å². The van der Waals surface area contributed by atoms with Gasteiger partial charge in [-0.1, -0.05) is 0 Å². The molecule has 116 valence electrons. The fourth-order valence-corrected chi connectivity index (χ4v) is 2.55. The maximum Gasteiger partial charge on any atom is 0.203 e. The smallest absolute Gasteiger partial charge is 0.203 e. The number of hydrogen-bond donors (Lipinski definition) is 0. The molecule has 5 nitrogen and oxygen atoms in total. The number of carbonyl (C=O) groups is 1. The minimum atomic E-state index is 0.0600. The Kier molecular flexibility index (Phi) is 5.44. The number of benzene rings is 1. The summed E-state index contributed by atoms with van der Waals surface area (Å²) >= 11 is 0. The van der Waals surface area contributed by atoms with Crippen LogP contribution in [0.3, 0.4) is 0 Å². The van der Waals surface area contributed by atoms with Crippen LogP contribution in [0.5, 0.6) is 17.2 Å². The molecule has 1 saturated heterocycles. The van der Waals surface area contributed by atoms with E-state index in [4.69, 9.17) is 18.9 Å². The highest BCUT2D eigenvalue weighted by atomic mass is 16.5. The van der Waals surface area contributed by atoms with E-state index in [1.165, 1.54) is 14.2 Å². The Balaban J connectivity index is 2.12. The predicted molar refractivity (Wildman–Crippen MR) is 78.6 cm³/mol. The predicted octanol–water partition coefficient (Wildman–Crippen LogP) is 2.85. The Hall–Kier alpha value is -1.75. The molecule has 1 aliphatic rings. The molecule has 1 heterocycles. The first-order valence-corrected chi connectivity index (χ1v) is 7.14. The second kappa shape index (κ2) is 7.31. The molecule has 0 aromatic heterocycles. The van der Waals surface area contributed by atoms with Crippen LogP contribution in [-0.4, -0.2) is 39.8 Å². The molecule has 1 aromatic carbocycles. The molecule has 0 N–H and O–H groups in total. The summed E-state index contributed by atoms with van der Waals surface area (Å²) in [6.45, 7) is 0.809. The highest BCUT2D eigenvalue weighted by molar-refractivity contribution is 5.97. The van der Waals surface area contributed by atoms with E-state index in [2.05, 4.69) is 0 Å². The first-order chi connectivity index (χ1) is 10.2. The molecule has 0 aliphatic carbocycles. The van der Waals surface area contributed by atoms with Gasteiger partial charge in [0.1, 0.15) is 0 Å². The van der Waals surface area contributed by atoms with Gasteiger partial charge in [0.2, 0.25) is 5.75 Å². The number of ether oxygens (including phenoxy) is 4. The van der Waals surface area contributed by atoms with E-state index in [0.29, 0.717) is 29.2 Å². The minimum Gasteiger partial charge on any atom is -0.493 e. The molecular formula is C16H22O5. The van der Waals surface area contributed by atoms with Crippen LogP contribution < -0.4 is 14.2 Å². The lowest BCUT2D eigenvalue weighted by atomic mass is 10.0. The number of ketones is 1. The molecule has 1 unspecified atom stereocenters. The van der Waals surface area contributed by atoms with Crippen LogP contribution in [0.4, 0.5) is 0 Å². The Morgan fingerprint density at radius 2 is 1.86 bits per heavy atom. The normalized spacial score (nSPS) is 17.6. The monoisotopic (exact) mass is 294 g/mol. The molecule has 5 heteroatoms. The molecule has 0 radical (unpaired) electrons. The standard InChI is InChI=1S/C16H22O5/c1-18-14-9-11(10-15(19-2)16(14)20-3)13(17)7-6-12-5-4-8-21-12/h9-10,12H,4-8H2,1-3H3. The van der Waals surface area contributed by atoms with Crippen LogP contribution in [0.2, 0.25) is 0 Å². The van der Waals surface area contributed by atoms with Crippen molar-refractivity contribution in [2.75, 3.05) is 27.9 Å². The highest BCUT2D eigenvalue weighted by Gasteiger charge is 2.20. The SMILES string of the molecule is COc1cc(C(=O)CCC2CCCO2)cc(OC)c1OC. The van der Waals surface area contributed by atoms with Crippen molar-refractivity contribution in [3.8, 4) is 17.2 Å². The van der Waals surface area contributed by atoms with Gasteiger partial charge in [-0.3, -0.25) is 4.79 Å². The van der Waals surface area contributed by atoms with Crippen molar-refractivity contribution in [1.29, 1.82) is 0 Å². The van der Waals surface area contributed by atoms with E-state index in [0.717, 1.165) is 25.9 Å². The van der Waals surface area contributed by atoms with Crippen LogP contribution in [0, 0.1) is 0 Å². The molecule has 1 aliphatic heterocycles. The third-order valence-electron chi connectivity index (χ3n) is 3.70. The molecule has 1 fully saturated rings. The number of hydrogen-bond acceptors (Lipinski definition) is 5. The fraction of sp³-hybridized carbons (Fsp3) is 0.562. The zero-order chi connectivity index (χ0) is 15.2. The summed E-state index contributed by atoms with van der Waals surface area (Å²) in [6, 6.07) is 3.39. The summed E-state index contributed by atoms with van der Waals surface area (Å²) in [4.78, 5) is 12.3. The molecule has 0 amide bonds. The van der Waals surface area contributed by atoms with Gasteiger partial charge in [0, 0.05) is 18.6 Å². The number of methoxy groups -OCH3 is 3.